The zero-order valence-corrected chi connectivity index (χ0v) is 13.1. The van der Waals surface area contributed by atoms with Crippen molar-refractivity contribution in [1.82, 2.24) is 5.32 Å². The Labute approximate surface area is 129 Å². The first kappa shape index (κ1) is 15.5. The van der Waals surface area contributed by atoms with E-state index < -0.39 is 6.09 Å². The summed E-state index contributed by atoms with van der Waals surface area (Å²) in [5, 5.41) is 8.30. The lowest BCUT2D eigenvalue weighted by Crippen LogP contribution is -2.19. The van der Waals surface area contributed by atoms with Gasteiger partial charge in [-0.15, -0.1) is 11.3 Å². The summed E-state index contributed by atoms with van der Waals surface area (Å²) in [5.41, 5.74) is 1.91. The van der Waals surface area contributed by atoms with Gasteiger partial charge in [-0.05, 0) is 35.6 Å². The molecule has 1 heterocycles. The zero-order chi connectivity index (χ0) is 15.1. The molecule has 1 atom stereocenters. The molecular formula is C16H20N2O2S. The van der Waals surface area contributed by atoms with E-state index in [2.05, 4.69) is 39.8 Å². The highest BCUT2D eigenvalue weighted by molar-refractivity contribution is 7.10. The molecule has 0 aliphatic rings. The molecule has 0 unspecified atom stereocenters. The molecule has 21 heavy (non-hydrogen) atoms. The fourth-order valence-corrected chi connectivity index (χ4v) is 2.94. The minimum absolute atomic E-state index is 0.387. The van der Waals surface area contributed by atoms with Gasteiger partial charge in [0.05, 0.1) is 7.11 Å². The summed E-state index contributed by atoms with van der Waals surface area (Å²) >= 11 is 1.78. The van der Waals surface area contributed by atoms with E-state index in [4.69, 9.17) is 0 Å². The molecule has 1 amide bonds. The van der Waals surface area contributed by atoms with Gasteiger partial charge in [-0.2, -0.15) is 0 Å². The maximum atomic E-state index is 11.1. The largest absolute Gasteiger partial charge is 0.453 e. The Balaban J connectivity index is 1.89. The minimum Gasteiger partial charge on any atom is -0.453 e. The lowest BCUT2D eigenvalue weighted by Gasteiger charge is -2.15. The molecule has 2 aromatic rings. The summed E-state index contributed by atoms with van der Waals surface area (Å²) in [6.07, 6.45) is 0.604. The van der Waals surface area contributed by atoms with Gasteiger partial charge in [-0.3, -0.25) is 5.32 Å². The van der Waals surface area contributed by atoms with Crippen molar-refractivity contribution < 1.29 is 9.53 Å². The molecule has 1 aromatic carbocycles. The number of carbonyl (C=O) groups excluding carboxylic acids is 1. The van der Waals surface area contributed by atoms with Crippen molar-refractivity contribution in [2.75, 3.05) is 12.4 Å². The molecule has 0 radical (unpaired) electrons. The van der Waals surface area contributed by atoms with E-state index in [1.165, 1.54) is 17.6 Å². The number of ether oxygens (including phenoxy) is 1. The van der Waals surface area contributed by atoms with Crippen LogP contribution in [0.3, 0.4) is 0 Å². The van der Waals surface area contributed by atoms with Crippen molar-refractivity contribution in [3.63, 3.8) is 0 Å². The van der Waals surface area contributed by atoms with Gasteiger partial charge in [-0.1, -0.05) is 25.1 Å². The fraction of sp³-hybridized carbons (Fsp3) is 0.312. The molecule has 0 bridgehead atoms. The zero-order valence-electron chi connectivity index (χ0n) is 12.3. The number of hydrogen-bond donors (Lipinski definition) is 2. The normalized spacial score (nSPS) is 11.9. The summed E-state index contributed by atoms with van der Waals surface area (Å²) in [4.78, 5) is 12.5. The number of rotatable bonds is 6. The Morgan fingerprint density at radius 3 is 2.62 bits per heavy atom. The molecule has 5 heteroatoms. The van der Waals surface area contributed by atoms with Crippen LogP contribution in [0.1, 0.15) is 29.8 Å². The van der Waals surface area contributed by atoms with Crippen molar-refractivity contribution in [3.05, 3.63) is 52.2 Å². The Morgan fingerprint density at radius 2 is 2.05 bits per heavy atom. The highest BCUT2D eigenvalue weighted by Crippen LogP contribution is 2.22. The summed E-state index contributed by atoms with van der Waals surface area (Å²) in [6.45, 7) is 2.98. The van der Waals surface area contributed by atoms with Gasteiger partial charge in [0.25, 0.3) is 0 Å². The number of anilines is 1. The van der Waals surface area contributed by atoms with Crippen LogP contribution in [0.25, 0.3) is 0 Å². The summed E-state index contributed by atoms with van der Waals surface area (Å²) in [7, 11) is 1.35. The molecule has 0 spiro atoms. The van der Waals surface area contributed by atoms with Crippen LogP contribution in [0.4, 0.5) is 10.5 Å². The Hall–Kier alpha value is -1.85. The van der Waals surface area contributed by atoms with Gasteiger partial charge in [0.15, 0.2) is 0 Å². The number of nitrogens with one attached hydrogen (secondary N) is 2. The molecule has 112 valence electrons. The topological polar surface area (TPSA) is 50.4 Å². The van der Waals surface area contributed by atoms with Crippen LogP contribution in [0.5, 0.6) is 0 Å². The first-order valence-corrected chi connectivity index (χ1v) is 7.81. The van der Waals surface area contributed by atoms with E-state index in [1.54, 1.807) is 11.3 Å². The summed E-state index contributed by atoms with van der Waals surface area (Å²) < 4.78 is 4.56. The monoisotopic (exact) mass is 304 g/mol. The van der Waals surface area contributed by atoms with Crippen LogP contribution in [0, 0.1) is 0 Å². The highest BCUT2D eigenvalue weighted by Gasteiger charge is 2.09. The van der Waals surface area contributed by atoms with Crippen molar-refractivity contribution in [1.29, 1.82) is 0 Å². The van der Waals surface area contributed by atoms with Crippen molar-refractivity contribution in [2.24, 2.45) is 0 Å². The van der Waals surface area contributed by atoms with Crippen LogP contribution in [-0.4, -0.2) is 13.2 Å². The molecule has 0 saturated carbocycles. The van der Waals surface area contributed by atoms with Crippen molar-refractivity contribution >= 4 is 23.1 Å². The predicted octanol–water partition coefficient (Wildman–Crippen LogP) is 4.17. The molecule has 2 rings (SSSR count). The van der Waals surface area contributed by atoms with Gasteiger partial charge in [0.1, 0.15) is 0 Å². The third-order valence-electron chi connectivity index (χ3n) is 3.23. The van der Waals surface area contributed by atoms with E-state index in [1.807, 2.05) is 24.3 Å². The number of amides is 1. The standard InChI is InChI=1S/C16H20N2O2S/c1-3-14(15-5-4-10-21-15)17-11-12-6-8-13(9-7-12)18-16(19)20-2/h4-10,14,17H,3,11H2,1-2H3,(H,18,19)/t14-/m1/s1. The highest BCUT2D eigenvalue weighted by atomic mass is 32.1. The van der Waals surface area contributed by atoms with E-state index in [9.17, 15) is 4.79 Å². The molecule has 0 saturated heterocycles. The number of benzene rings is 1. The summed E-state index contributed by atoms with van der Waals surface area (Å²) in [5.74, 6) is 0. The summed E-state index contributed by atoms with van der Waals surface area (Å²) in [6, 6.07) is 12.4. The second-order valence-corrected chi connectivity index (χ2v) is 5.65. The third kappa shape index (κ3) is 4.58. The number of methoxy groups -OCH3 is 1. The predicted molar refractivity (Wildman–Crippen MR) is 86.7 cm³/mol. The van der Waals surface area contributed by atoms with E-state index in [-0.39, 0.29) is 0 Å². The fourth-order valence-electron chi connectivity index (χ4n) is 2.05. The van der Waals surface area contributed by atoms with E-state index >= 15 is 0 Å². The van der Waals surface area contributed by atoms with Crippen LogP contribution in [0.2, 0.25) is 0 Å². The molecule has 0 aliphatic heterocycles. The molecule has 0 aliphatic carbocycles. The SMILES string of the molecule is CC[C@@H](NCc1ccc(NC(=O)OC)cc1)c1cccs1. The van der Waals surface area contributed by atoms with Crippen LogP contribution in [-0.2, 0) is 11.3 Å². The first-order valence-electron chi connectivity index (χ1n) is 6.93. The Morgan fingerprint density at radius 1 is 1.29 bits per heavy atom. The van der Waals surface area contributed by atoms with Crippen molar-refractivity contribution in [3.8, 4) is 0 Å². The quantitative estimate of drug-likeness (QED) is 0.842. The van der Waals surface area contributed by atoms with Gasteiger partial charge >= 0.3 is 6.09 Å². The van der Waals surface area contributed by atoms with Gasteiger partial charge in [-0.25, -0.2) is 4.79 Å². The van der Waals surface area contributed by atoms with E-state index in [0.717, 1.165) is 18.7 Å². The smallest absolute Gasteiger partial charge is 0.411 e. The van der Waals surface area contributed by atoms with Gasteiger partial charge < -0.3 is 10.1 Å². The van der Waals surface area contributed by atoms with Crippen LogP contribution in [0.15, 0.2) is 41.8 Å². The minimum atomic E-state index is -0.454. The Kier molecular flexibility index (Phi) is 5.78. The average molecular weight is 304 g/mol. The number of carbonyl (C=O) groups is 1. The lowest BCUT2D eigenvalue weighted by molar-refractivity contribution is 0.187. The van der Waals surface area contributed by atoms with E-state index in [0.29, 0.717) is 6.04 Å². The third-order valence-corrected chi connectivity index (χ3v) is 4.22. The number of hydrogen-bond acceptors (Lipinski definition) is 4. The maximum Gasteiger partial charge on any atom is 0.411 e. The number of thiophene rings is 1. The molecular weight excluding hydrogens is 284 g/mol. The van der Waals surface area contributed by atoms with Crippen molar-refractivity contribution in [2.45, 2.75) is 25.9 Å². The molecule has 4 nitrogen and oxygen atoms in total. The van der Waals surface area contributed by atoms with Gasteiger partial charge in [0.2, 0.25) is 0 Å². The second-order valence-electron chi connectivity index (χ2n) is 4.67. The van der Waals surface area contributed by atoms with Crippen LogP contribution < -0.4 is 10.6 Å². The molecule has 1 aromatic heterocycles. The molecule has 0 fully saturated rings. The van der Waals surface area contributed by atoms with Gasteiger partial charge in [0, 0.05) is 23.2 Å². The average Bonchev–Trinajstić information content (AvgIpc) is 3.03. The maximum absolute atomic E-state index is 11.1. The van der Waals surface area contributed by atoms with Crippen LogP contribution >= 0.6 is 11.3 Å². The second kappa shape index (κ2) is 7.81. The Bertz CT molecular complexity index is 552. The lowest BCUT2D eigenvalue weighted by atomic mass is 10.1. The molecule has 2 N–H and O–H groups in total. The first-order chi connectivity index (χ1) is 10.2.